The number of hydrogen-bond donors (Lipinski definition) is 2. The monoisotopic (exact) mass is 633 g/mol. The third-order valence-corrected chi connectivity index (χ3v) is 10.0. The Morgan fingerprint density at radius 1 is 0.510 bits per heavy atom. The fraction of sp³-hybridized carbons (Fsp3) is 0.0698. The lowest BCUT2D eigenvalue weighted by Gasteiger charge is -2.22. The van der Waals surface area contributed by atoms with Crippen molar-refractivity contribution in [1.29, 1.82) is 0 Å². The molecule has 0 atom stereocenters. The molecule has 49 heavy (non-hydrogen) atoms. The maximum Gasteiger partial charge on any atom is 0.488 e. The van der Waals surface area contributed by atoms with Crippen molar-refractivity contribution in [1.82, 2.24) is 14.5 Å². The summed E-state index contributed by atoms with van der Waals surface area (Å²) in [5, 5.41) is 22.3. The number of hydrogen-bond acceptors (Lipinski definition) is 4. The standard InChI is InChI=1S/C43H32BN3O2/c1-43(2)36-22-30(27-12-6-3-7-13-27)18-20-32(36)33-25-41-35(24-37(33)43)34-23-31(44(48)49)19-21-40(34)47(41)42-45-38(28-14-8-4-9-15-28)26-39(46-42)29-16-10-5-11-17-29/h3-26,48-49H,1-2H3. The van der Waals surface area contributed by atoms with Gasteiger partial charge < -0.3 is 10.0 Å². The molecule has 0 saturated heterocycles. The largest absolute Gasteiger partial charge is 0.488 e. The van der Waals surface area contributed by atoms with Gasteiger partial charge >= 0.3 is 7.12 Å². The molecule has 2 N–H and O–H groups in total. The fourth-order valence-corrected chi connectivity index (χ4v) is 7.50. The van der Waals surface area contributed by atoms with E-state index >= 15 is 0 Å². The van der Waals surface area contributed by atoms with Crippen LogP contribution in [0.15, 0.2) is 146 Å². The second kappa shape index (κ2) is 11.1. The van der Waals surface area contributed by atoms with E-state index in [0.717, 1.165) is 44.3 Å². The molecule has 0 amide bonds. The molecule has 0 spiro atoms. The quantitative estimate of drug-likeness (QED) is 0.186. The van der Waals surface area contributed by atoms with Gasteiger partial charge in [0.2, 0.25) is 5.95 Å². The third-order valence-electron chi connectivity index (χ3n) is 10.0. The molecule has 6 heteroatoms. The fourth-order valence-electron chi connectivity index (χ4n) is 7.50. The Bertz CT molecular complexity index is 2490. The summed E-state index contributed by atoms with van der Waals surface area (Å²) in [6.45, 7) is 4.58. The molecule has 8 aromatic rings. The van der Waals surface area contributed by atoms with Crippen molar-refractivity contribution >= 4 is 34.4 Å². The summed E-state index contributed by atoms with van der Waals surface area (Å²) in [7, 11) is -1.59. The summed E-state index contributed by atoms with van der Waals surface area (Å²) in [4.78, 5) is 10.4. The van der Waals surface area contributed by atoms with Gasteiger partial charge in [0.05, 0.1) is 22.4 Å². The van der Waals surface area contributed by atoms with Gasteiger partial charge in [-0.2, -0.15) is 0 Å². The molecule has 0 unspecified atom stereocenters. The van der Waals surface area contributed by atoms with E-state index in [1.165, 1.54) is 33.4 Å². The van der Waals surface area contributed by atoms with Crippen molar-refractivity contribution in [3.8, 4) is 50.7 Å². The lowest BCUT2D eigenvalue weighted by molar-refractivity contribution is 0.426. The Labute approximate surface area is 285 Å². The highest BCUT2D eigenvalue weighted by molar-refractivity contribution is 6.59. The first kappa shape index (κ1) is 29.3. The normalized spacial score (nSPS) is 13.1. The predicted octanol–water partition coefficient (Wildman–Crippen LogP) is 8.56. The molecule has 6 aromatic carbocycles. The molecule has 2 heterocycles. The van der Waals surface area contributed by atoms with Crippen LogP contribution in [0.1, 0.15) is 25.0 Å². The highest BCUT2D eigenvalue weighted by atomic mass is 16.4. The molecule has 0 saturated carbocycles. The number of rotatable bonds is 5. The Morgan fingerprint density at radius 3 is 1.69 bits per heavy atom. The molecule has 0 radical (unpaired) electrons. The van der Waals surface area contributed by atoms with Crippen molar-refractivity contribution in [3.63, 3.8) is 0 Å². The molecule has 234 valence electrons. The summed E-state index contributed by atoms with van der Waals surface area (Å²) in [5.74, 6) is 0.550. The van der Waals surface area contributed by atoms with Crippen LogP contribution in [0.4, 0.5) is 0 Å². The van der Waals surface area contributed by atoms with E-state index in [0.29, 0.717) is 11.4 Å². The Kier molecular flexibility index (Phi) is 6.66. The van der Waals surface area contributed by atoms with E-state index in [1.54, 1.807) is 6.07 Å². The maximum atomic E-state index is 10.2. The molecule has 0 fully saturated rings. The lowest BCUT2D eigenvalue weighted by Crippen LogP contribution is -2.29. The maximum absolute atomic E-state index is 10.2. The van der Waals surface area contributed by atoms with Gasteiger partial charge in [0.1, 0.15) is 0 Å². The van der Waals surface area contributed by atoms with Crippen LogP contribution in [0.2, 0.25) is 0 Å². The van der Waals surface area contributed by atoms with Crippen LogP contribution in [-0.4, -0.2) is 31.7 Å². The van der Waals surface area contributed by atoms with Crippen molar-refractivity contribution in [2.45, 2.75) is 19.3 Å². The van der Waals surface area contributed by atoms with Crippen LogP contribution in [0.3, 0.4) is 0 Å². The van der Waals surface area contributed by atoms with E-state index in [-0.39, 0.29) is 5.41 Å². The van der Waals surface area contributed by atoms with Gasteiger partial charge in [-0.15, -0.1) is 0 Å². The average molecular weight is 634 g/mol. The zero-order valence-corrected chi connectivity index (χ0v) is 27.2. The van der Waals surface area contributed by atoms with Crippen LogP contribution in [0.5, 0.6) is 0 Å². The van der Waals surface area contributed by atoms with Crippen molar-refractivity contribution in [2.24, 2.45) is 0 Å². The minimum absolute atomic E-state index is 0.254. The zero-order valence-electron chi connectivity index (χ0n) is 27.2. The predicted molar refractivity (Wildman–Crippen MR) is 200 cm³/mol. The second-order valence-electron chi connectivity index (χ2n) is 13.3. The van der Waals surface area contributed by atoms with Crippen LogP contribution < -0.4 is 5.46 Å². The van der Waals surface area contributed by atoms with Gasteiger partial charge in [-0.05, 0) is 69.2 Å². The average Bonchev–Trinajstić information content (AvgIpc) is 3.58. The summed E-state index contributed by atoms with van der Waals surface area (Å²) < 4.78 is 2.13. The topological polar surface area (TPSA) is 71.2 Å². The molecule has 0 aliphatic heterocycles. The van der Waals surface area contributed by atoms with Gasteiger partial charge in [-0.3, -0.25) is 4.57 Å². The van der Waals surface area contributed by atoms with Gasteiger partial charge in [-0.1, -0.05) is 129 Å². The molecule has 5 nitrogen and oxygen atoms in total. The minimum atomic E-state index is -1.59. The van der Waals surface area contributed by atoms with E-state index in [9.17, 15) is 10.0 Å². The molecule has 0 bridgehead atoms. The Morgan fingerprint density at radius 2 is 1.08 bits per heavy atom. The highest BCUT2D eigenvalue weighted by Crippen LogP contribution is 2.52. The number of benzene rings is 6. The number of aromatic nitrogens is 3. The SMILES string of the molecule is CC1(C)c2cc(-c3ccccc3)ccc2-c2cc3c(cc21)c1cc(B(O)O)ccc1n3-c1nc(-c2ccccc2)cc(-c2ccccc2)n1. The minimum Gasteiger partial charge on any atom is -0.423 e. The molecule has 2 aromatic heterocycles. The summed E-state index contributed by atoms with van der Waals surface area (Å²) in [5.41, 5.74) is 13.0. The van der Waals surface area contributed by atoms with E-state index in [1.807, 2.05) is 60.7 Å². The summed E-state index contributed by atoms with van der Waals surface area (Å²) in [6.07, 6.45) is 0. The second-order valence-corrected chi connectivity index (χ2v) is 13.3. The zero-order chi connectivity index (χ0) is 33.3. The molecular formula is C43H32BN3O2. The van der Waals surface area contributed by atoms with Crippen LogP contribution in [0, 0.1) is 0 Å². The van der Waals surface area contributed by atoms with Crippen LogP contribution >= 0.6 is 0 Å². The highest BCUT2D eigenvalue weighted by Gasteiger charge is 2.37. The van der Waals surface area contributed by atoms with Crippen molar-refractivity contribution in [3.05, 3.63) is 157 Å². The van der Waals surface area contributed by atoms with Crippen molar-refractivity contribution < 1.29 is 10.0 Å². The Balaban J connectivity index is 1.34. The molecule has 1 aliphatic rings. The first-order valence-corrected chi connectivity index (χ1v) is 16.6. The van der Waals surface area contributed by atoms with Gasteiger partial charge in [0.25, 0.3) is 0 Å². The van der Waals surface area contributed by atoms with E-state index in [2.05, 4.69) is 97.3 Å². The van der Waals surface area contributed by atoms with Crippen LogP contribution in [-0.2, 0) is 5.41 Å². The van der Waals surface area contributed by atoms with E-state index in [4.69, 9.17) is 9.97 Å². The van der Waals surface area contributed by atoms with E-state index < -0.39 is 7.12 Å². The first-order valence-electron chi connectivity index (χ1n) is 16.6. The summed E-state index contributed by atoms with van der Waals surface area (Å²) in [6, 6.07) is 49.9. The molecule has 9 rings (SSSR count). The smallest absolute Gasteiger partial charge is 0.423 e. The first-order chi connectivity index (χ1) is 23.9. The van der Waals surface area contributed by atoms with Gasteiger partial charge in [-0.25, -0.2) is 9.97 Å². The Hall–Kier alpha value is -5.82. The van der Waals surface area contributed by atoms with Gasteiger partial charge in [0.15, 0.2) is 0 Å². The van der Waals surface area contributed by atoms with Crippen molar-refractivity contribution in [2.75, 3.05) is 0 Å². The summed E-state index contributed by atoms with van der Waals surface area (Å²) >= 11 is 0. The third kappa shape index (κ3) is 4.72. The number of nitrogens with zero attached hydrogens (tertiary/aromatic N) is 3. The van der Waals surface area contributed by atoms with Gasteiger partial charge in [0, 0.05) is 27.3 Å². The number of fused-ring (bicyclic) bond motifs is 6. The van der Waals surface area contributed by atoms with Crippen LogP contribution in [0.25, 0.3) is 72.5 Å². The molecule has 1 aliphatic carbocycles. The molecular weight excluding hydrogens is 601 g/mol. The lowest BCUT2D eigenvalue weighted by atomic mass is 9.79.